The van der Waals surface area contributed by atoms with Crippen LogP contribution in [0.1, 0.15) is 63.9 Å². The van der Waals surface area contributed by atoms with Crippen molar-refractivity contribution in [2.45, 2.75) is 52.4 Å². The van der Waals surface area contributed by atoms with E-state index < -0.39 is 0 Å². The van der Waals surface area contributed by atoms with E-state index in [-0.39, 0.29) is 11.7 Å². The van der Waals surface area contributed by atoms with Gasteiger partial charge < -0.3 is 9.32 Å². The molecule has 0 bridgehead atoms. The molecule has 2 aromatic heterocycles. The second-order valence-electron chi connectivity index (χ2n) is 8.32. The van der Waals surface area contributed by atoms with Gasteiger partial charge in [-0.15, -0.1) is 21.5 Å². The Balaban J connectivity index is 1.29. The van der Waals surface area contributed by atoms with Gasteiger partial charge in [-0.1, -0.05) is 12.1 Å². The van der Waals surface area contributed by atoms with Crippen LogP contribution in [0.25, 0.3) is 10.8 Å². The van der Waals surface area contributed by atoms with Gasteiger partial charge >= 0.3 is 0 Å². The minimum atomic E-state index is 0.236. The van der Waals surface area contributed by atoms with Gasteiger partial charge in [0.2, 0.25) is 5.89 Å². The Hall–Kier alpha value is -2.31. The summed E-state index contributed by atoms with van der Waals surface area (Å²) < 4.78 is 6.00. The number of benzene rings is 1. The number of nitrogens with zero attached hydrogens (tertiary/aromatic N) is 3. The van der Waals surface area contributed by atoms with E-state index in [4.69, 9.17) is 4.42 Å². The molecule has 6 heteroatoms. The van der Waals surface area contributed by atoms with Gasteiger partial charge in [-0.05, 0) is 82.4 Å². The fourth-order valence-electron chi connectivity index (χ4n) is 4.03. The van der Waals surface area contributed by atoms with Crippen LogP contribution in [-0.2, 0) is 0 Å². The van der Waals surface area contributed by atoms with Crippen LogP contribution in [0.15, 0.2) is 34.7 Å². The summed E-state index contributed by atoms with van der Waals surface area (Å²) in [4.78, 5) is 17.2. The monoisotopic (exact) mass is 423 g/mol. The SMILES string of the molecule is Cc1ccc(-c2nnc([C@H]3CCCN(CCCC(=O)c4ccc(C)c(C)c4)C3)o2)s1. The normalized spacial score (nSPS) is 17.4. The van der Waals surface area contributed by atoms with Gasteiger partial charge in [0, 0.05) is 23.4 Å². The Morgan fingerprint density at radius 1 is 1.17 bits per heavy atom. The van der Waals surface area contributed by atoms with Crippen molar-refractivity contribution in [2.24, 2.45) is 0 Å². The number of carbonyl (C=O) groups is 1. The van der Waals surface area contributed by atoms with Gasteiger partial charge in [0.1, 0.15) is 0 Å². The molecule has 1 aliphatic heterocycles. The summed E-state index contributed by atoms with van der Waals surface area (Å²) in [5.41, 5.74) is 3.23. The molecular formula is C24H29N3O2S. The Labute approximate surface area is 182 Å². The Morgan fingerprint density at radius 2 is 2.03 bits per heavy atom. The Bertz CT molecular complexity index is 1020. The summed E-state index contributed by atoms with van der Waals surface area (Å²) in [6.45, 7) is 9.13. The lowest BCUT2D eigenvalue weighted by Gasteiger charge is -2.30. The van der Waals surface area contributed by atoms with E-state index in [2.05, 4.69) is 41.9 Å². The highest BCUT2D eigenvalue weighted by Crippen LogP contribution is 2.31. The van der Waals surface area contributed by atoms with E-state index in [9.17, 15) is 4.79 Å². The van der Waals surface area contributed by atoms with Gasteiger partial charge in [-0.2, -0.15) is 0 Å². The first-order chi connectivity index (χ1) is 14.5. The zero-order valence-corrected chi connectivity index (χ0v) is 18.8. The van der Waals surface area contributed by atoms with E-state index in [0.29, 0.717) is 12.3 Å². The quantitative estimate of drug-likeness (QED) is 0.465. The van der Waals surface area contributed by atoms with Crippen LogP contribution in [0.2, 0.25) is 0 Å². The van der Waals surface area contributed by atoms with Gasteiger partial charge in [-0.25, -0.2) is 0 Å². The number of aromatic nitrogens is 2. The van der Waals surface area contributed by atoms with Crippen LogP contribution in [0.3, 0.4) is 0 Å². The number of carbonyl (C=O) groups excluding carboxylic acids is 1. The molecule has 0 aliphatic carbocycles. The number of ketones is 1. The first kappa shape index (κ1) is 20.9. The maximum Gasteiger partial charge on any atom is 0.257 e. The Morgan fingerprint density at radius 3 is 2.80 bits per heavy atom. The van der Waals surface area contributed by atoms with E-state index in [0.717, 1.165) is 55.2 Å². The molecule has 5 nitrogen and oxygen atoms in total. The maximum atomic E-state index is 12.5. The molecule has 3 aromatic rings. The molecule has 4 rings (SSSR count). The third-order valence-electron chi connectivity index (χ3n) is 5.95. The number of piperidine rings is 1. The molecule has 0 spiro atoms. The van der Waals surface area contributed by atoms with Crippen molar-refractivity contribution >= 4 is 17.1 Å². The van der Waals surface area contributed by atoms with Crippen molar-refractivity contribution in [3.63, 3.8) is 0 Å². The predicted molar refractivity (Wildman–Crippen MR) is 120 cm³/mol. The zero-order valence-electron chi connectivity index (χ0n) is 18.0. The second-order valence-corrected chi connectivity index (χ2v) is 9.61. The molecule has 158 valence electrons. The highest BCUT2D eigenvalue weighted by molar-refractivity contribution is 7.15. The molecule has 30 heavy (non-hydrogen) atoms. The summed E-state index contributed by atoms with van der Waals surface area (Å²) in [7, 11) is 0. The molecule has 0 saturated carbocycles. The lowest BCUT2D eigenvalue weighted by atomic mass is 9.97. The van der Waals surface area contributed by atoms with Gasteiger partial charge in [-0.3, -0.25) is 4.79 Å². The molecule has 1 saturated heterocycles. The molecule has 1 fully saturated rings. The van der Waals surface area contributed by atoms with Crippen LogP contribution in [0.4, 0.5) is 0 Å². The summed E-state index contributed by atoms with van der Waals surface area (Å²) >= 11 is 1.68. The number of Topliss-reactive ketones (excluding diaryl/α,β-unsaturated/α-hetero) is 1. The highest BCUT2D eigenvalue weighted by atomic mass is 32.1. The number of rotatable bonds is 7. The Kier molecular flexibility index (Phi) is 6.44. The largest absolute Gasteiger partial charge is 0.420 e. The number of hydrogen-bond acceptors (Lipinski definition) is 6. The van der Waals surface area contributed by atoms with Crippen molar-refractivity contribution in [3.05, 3.63) is 57.8 Å². The summed E-state index contributed by atoms with van der Waals surface area (Å²) in [5, 5.41) is 8.60. The average molecular weight is 424 g/mol. The fraction of sp³-hybridized carbons (Fsp3) is 0.458. The second kappa shape index (κ2) is 9.23. The predicted octanol–water partition coefficient (Wildman–Crippen LogP) is 5.57. The lowest BCUT2D eigenvalue weighted by molar-refractivity contribution is 0.0971. The van der Waals surface area contributed by atoms with E-state index in [1.54, 1.807) is 11.3 Å². The first-order valence-corrected chi connectivity index (χ1v) is 11.5. The first-order valence-electron chi connectivity index (χ1n) is 10.7. The van der Waals surface area contributed by atoms with Crippen molar-refractivity contribution in [2.75, 3.05) is 19.6 Å². The summed E-state index contributed by atoms with van der Waals surface area (Å²) in [6, 6.07) is 10.1. The molecule has 1 atom stereocenters. The smallest absolute Gasteiger partial charge is 0.257 e. The average Bonchev–Trinajstić information content (AvgIpc) is 3.39. The minimum absolute atomic E-state index is 0.236. The summed E-state index contributed by atoms with van der Waals surface area (Å²) in [5.74, 6) is 1.88. The highest BCUT2D eigenvalue weighted by Gasteiger charge is 2.26. The molecule has 0 radical (unpaired) electrons. The van der Waals surface area contributed by atoms with Crippen LogP contribution in [-0.4, -0.2) is 40.5 Å². The maximum absolute atomic E-state index is 12.5. The van der Waals surface area contributed by atoms with Crippen molar-refractivity contribution in [3.8, 4) is 10.8 Å². The van der Waals surface area contributed by atoms with Gasteiger partial charge in [0.05, 0.1) is 10.8 Å². The standard InChI is InChI=1S/C24H29N3O2S/c1-16-8-10-19(14-17(16)2)21(28)7-5-13-27-12-4-6-20(15-27)23-25-26-24(29-23)22-11-9-18(3)30-22/h8-11,14,20H,4-7,12-13,15H2,1-3H3/t20-/m0/s1. The molecule has 0 unspecified atom stereocenters. The van der Waals surface area contributed by atoms with Crippen molar-refractivity contribution in [1.82, 2.24) is 15.1 Å². The van der Waals surface area contributed by atoms with Crippen LogP contribution >= 0.6 is 11.3 Å². The van der Waals surface area contributed by atoms with E-state index >= 15 is 0 Å². The molecule has 1 aromatic carbocycles. The van der Waals surface area contributed by atoms with E-state index in [1.807, 2.05) is 24.3 Å². The van der Waals surface area contributed by atoms with Gasteiger partial charge in [0.15, 0.2) is 5.78 Å². The molecule has 1 aliphatic rings. The fourth-order valence-corrected chi connectivity index (χ4v) is 4.82. The molecular weight excluding hydrogens is 394 g/mol. The molecule has 0 amide bonds. The lowest BCUT2D eigenvalue weighted by Crippen LogP contribution is -2.35. The third-order valence-corrected chi connectivity index (χ3v) is 6.94. The van der Waals surface area contributed by atoms with Crippen LogP contribution in [0.5, 0.6) is 0 Å². The number of hydrogen-bond donors (Lipinski definition) is 0. The van der Waals surface area contributed by atoms with Crippen molar-refractivity contribution in [1.29, 1.82) is 0 Å². The number of aryl methyl sites for hydroxylation is 3. The third kappa shape index (κ3) is 4.87. The number of thiophene rings is 1. The molecule has 3 heterocycles. The van der Waals surface area contributed by atoms with Crippen LogP contribution < -0.4 is 0 Å². The minimum Gasteiger partial charge on any atom is -0.420 e. The van der Waals surface area contributed by atoms with Crippen LogP contribution in [0, 0.1) is 20.8 Å². The van der Waals surface area contributed by atoms with E-state index in [1.165, 1.54) is 16.0 Å². The summed E-state index contributed by atoms with van der Waals surface area (Å²) in [6.07, 6.45) is 3.66. The van der Waals surface area contributed by atoms with Gasteiger partial charge in [0.25, 0.3) is 5.89 Å². The molecule has 0 N–H and O–H groups in total. The number of likely N-dealkylation sites (tertiary alicyclic amines) is 1. The topological polar surface area (TPSA) is 59.2 Å². The van der Waals surface area contributed by atoms with Crippen molar-refractivity contribution < 1.29 is 9.21 Å². The zero-order chi connectivity index (χ0) is 21.1.